The summed E-state index contributed by atoms with van der Waals surface area (Å²) in [5.41, 5.74) is 3.45. The molecule has 1 aliphatic heterocycles. The van der Waals surface area contributed by atoms with Gasteiger partial charge in [0.05, 0.1) is 5.39 Å². The SMILES string of the molecule is CC1(C)[C@@H]2CCC(CNC(=O)Nc3cccc(C4CCCN(c5ncnc6[nH]ccc56)C4)c3)[C@H]1C2. The molecular formula is C28H36N6O. The zero-order valence-corrected chi connectivity index (χ0v) is 20.8. The third kappa shape index (κ3) is 4.15. The van der Waals surface area contributed by atoms with Gasteiger partial charge < -0.3 is 20.5 Å². The molecule has 184 valence electrons. The third-order valence-electron chi connectivity index (χ3n) is 9.20. The highest BCUT2D eigenvalue weighted by Gasteiger charge is 2.53. The first-order chi connectivity index (χ1) is 17.0. The Hall–Kier alpha value is -3.09. The number of urea groups is 1. The second kappa shape index (κ2) is 8.85. The largest absolute Gasteiger partial charge is 0.355 e. The Morgan fingerprint density at radius 3 is 2.97 bits per heavy atom. The van der Waals surface area contributed by atoms with Crippen molar-refractivity contribution in [3.63, 3.8) is 0 Å². The van der Waals surface area contributed by atoms with Gasteiger partial charge in [0.1, 0.15) is 17.8 Å². The Labute approximate surface area is 207 Å². The van der Waals surface area contributed by atoms with Gasteiger partial charge in [-0.15, -0.1) is 0 Å². The molecule has 7 rings (SSSR count). The Kier molecular flexibility index (Phi) is 5.66. The first-order valence-electron chi connectivity index (χ1n) is 13.2. The highest BCUT2D eigenvalue weighted by Crippen LogP contribution is 2.61. The Morgan fingerprint density at radius 2 is 2.11 bits per heavy atom. The van der Waals surface area contributed by atoms with Gasteiger partial charge in [0, 0.05) is 37.4 Å². The summed E-state index contributed by atoms with van der Waals surface area (Å²) in [6.45, 7) is 7.49. The van der Waals surface area contributed by atoms with Gasteiger partial charge in [-0.2, -0.15) is 0 Å². The quantitative estimate of drug-likeness (QED) is 0.455. The molecular weight excluding hydrogens is 436 g/mol. The summed E-state index contributed by atoms with van der Waals surface area (Å²) >= 11 is 0. The van der Waals surface area contributed by atoms with Gasteiger partial charge >= 0.3 is 6.03 Å². The fraction of sp³-hybridized carbons (Fsp3) is 0.536. The number of benzene rings is 1. The molecule has 7 heteroatoms. The predicted octanol–water partition coefficient (Wildman–Crippen LogP) is 5.54. The molecule has 3 N–H and O–H groups in total. The Morgan fingerprint density at radius 1 is 1.20 bits per heavy atom. The summed E-state index contributed by atoms with van der Waals surface area (Å²) in [7, 11) is 0. The normalized spacial score (nSPS) is 27.3. The maximum absolute atomic E-state index is 12.7. The number of rotatable bonds is 5. The minimum atomic E-state index is -0.0949. The summed E-state index contributed by atoms with van der Waals surface area (Å²) in [5, 5.41) is 7.31. The highest BCUT2D eigenvalue weighted by atomic mass is 16.2. The van der Waals surface area contributed by atoms with E-state index in [1.165, 1.54) is 24.8 Å². The van der Waals surface area contributed by atoms with Gasteiger partial charge in [-0.3, -0.25) is 0 Å². The van der Waals surface area contributed by atoms with E-state index in [1.54, 1.807) is 6.33 Å². The van der Waals surface area contributed by atoms with Crippen LogP contribution in [0.15, 0.2) is 42.9 Å². The maximum atomic E-state index is 12.7. The molecule has 4 atom stereocenters. The lowest BCUT2D eigenvalue weighted by Gasteiger charge is -2.60. The summed E-state index contributed by atoms with van der Waals surface area (Å²) < 4.78 is 0. The topological polar surface area (TPSA) is 85.9 Å². The predicted molar refractivity (Wildman–Crippen MR) is 140 cm³/mol. The molecule has 3 saturated carbocycles. The molecule has 2 bridgehead atoms. The van der Waals surface area contributed by atoms with Crippen molar-refractivity contribution >= 4 is 28.6 Å². The fourth-order valence-electron chi connectivity index (χ4n) is 7.03. The van der Waals surface area contributed by atoms with Crippen LogP contribution in [0.1, 0.15) is 57.4 Å². The van der Waals surface area contributed by atoms with E-state index in [0.29, 0.717) is 17.3 Å². The van der Waals surface area contributed by atoms with Crippen LogP contribution in [0, 0.1) is 23.2 Å². The third-order valence-corrected chi connectivity index (χ3v) is 9.20. The Bertz CT molecular complexity index is 1220. The molecule has 2 aromatic heterocycles. The second-order valence-electron chi connectivity index (χ2n) is 11.4. The lowest BCUT2D eigenvalue weighted by atomic mass is 9.45. The minimum absolute atomic E-state index is 0.0949. The molecule has 2 amide bonds. The van der Waals surface area contributed by atoms with Gasteiger partial charge in [0.25, 0.3) is 0 Å². The van der Waals surface area contributed by atoms with Crippen LogP contribution in [0.4, 0.5) is 16.3 Å². The average molecular weight is 473 g/mol. The Balaban J connectivity index is 1.08. The van der Waals surface area contributed by atoms with Crippen molar-refractivity contribution in [2.75, 3.05) is 29.9 Å². The van der Waals surface area contributed by atoms with Crippen LogP contribution in [0.25, 0.3) is 11.0 Å². The van der Waals surface area contributed by atoms with Crippen molar-refractivity contribution in [3.8, 4) is 0 Å². The van der Waals surface area contributed by atoms with Gasteiger partial charge in [0.15, 0.2) is 0 Å². The van der Waals surface area contributed by atoms with E-state index < -0.39 is 0 Å². The lowest BCUT2D eigenvalue weighted by Crippen LogP contribution is -2.54. The zero-order valence-electron chi connectivity index (χ0n) is 20.8. The summed E-state index contributed by atoms with van der Waals surface area (Å²) in [6.07, 6.45) is 9.69. The average Bonchev–Trinajstić information content (AvgIpc) is 3.37. The van der Waals surface area contributed by atoms with Crippen molar-refractivity contribution in [1.82, 2.24) is 20.3 Å². The van der Waals surface area contributed by atoms with Crippen LogP contribution in [0.5, 0.6) is 0 Å². The van der Waals surface area contributed by atoms with Gasteiger partial charge in [0.2, 0.25) is 0 Å². The van der Waals surface area contributed by atoms with Crippen LogP contribution in [-0.4, -0.2) is 40.6 Å². The molecule has 0 radical (unpaired) electrons. The van der Waals surface area contributed by atoms with Crippen molar-refractivity contribution in [3.05, 3.63) is 48.4 Å². The number of nitrogens with zero attached hydrogens (tertiary/aromatic N) is 3. The van der Waals surface area contributed by atoms with E-state index in [2.05, 4.69) is 68.6 Å². The van der Waals surface area contributed by atoms with Crippen molar-refractivity contribution in [2.24, 2.45) is 23.2 Å². The smallest absolute Gasteiger partial charge is 0.319 e. The number of piperidine rings is 1. The number of hydrogen-bond acceptors (Lipinski definition) is 4. The first kappa shape index (κ1) is 22.4. The molecule has 4 fully saturated rings. The molecule has 3 aliphatic carbocycles. The number of aromatic amines is 1. The summed E-state index contributed by atoms with van der Waals surface area (Å²) in [5.74, 6) is 3.64. The number of fused-ring (bicyclic) bond motifs is 3. The number of nitrogens with one attached hydrogen (secondary N) is 3. The van der Waals surface area contributed by atoms with Crippen molar-refractivity contribution in [1.29, 1.82) is 0 Å². The standard InChI is InChI=1S/C28H36N6O/c1-28(2)21-9-8-19(24(28)14-21)15-30-27(35)33-22-7-3-5-18(13-22)20-6-4-12-34(16-20)26-23-10-11-29-25(23)31-17-32-26/h3,5,7,10-11,13,17,19-21,24H,4,6,8-9,12,14-16H2,1-2H3,(H,29,31,32)(H2,30,33,35)/t19?,20?,21-,24-/m1/s1. The van der Waals surface area contributed by atoms with E-state index in [4.69, 9.17) is 0 Å². The molecule has 1 saturated heterocycles. The van der Waals surface area contributed by atoms with Crippen LogP contribution in [0.3, 0.4) is 0 Å². The van der Waals surface area contributed by atoms with Gasteiger partial charge in [-0.25, -0.2) is 14.8 Å². The number of carbonyl (C=O) groups excluding carboxylic acids is 1. The van der Waals surface area contributed by atoms with Crippen molar-refractivity contribution in [2.45, 2.75) is 51.9 Å². The van der Waals surface area contributed by atoms with E-state index in [-0.39, 0.29) is 6.03 Å². The van der Waals surface area contributed by atoms with E-state index >= 15 is 0 Å². The van der Waals surface area contributed by atoms with E-state index in [9.17, 15) is 4.79 Å². The molecule has 4 aliphatic rings. The molecule has 1 aromatic carbocycles. The van der Waals surface area contributed by atoms with Crippen LogP contribution < -0.4 is 15.5 Å². The highest BCUT2D eigenvalue weighted by molar-refractivity contribution is 5.89. The van der Waals surface area contributed by atoms with Gasteiger partial charge in [-0.05, 0) is 79.0 Å². The summed E-state index contributed by atoms with van der Waals surface area (Å²) in [4.78, 5) is 27.2. The van der Waals surface area contributed by atoms with Crippen molar-refractivity contribution < 1.29 is 4.79 Å². The molecule has 3 aromatic rings. The first-order valence-corrected chi connectivity index (χ1v) is 13.2. The maximum Gasteiger partial charge on any atom is 0.319 e. The molecule has 3 heterocycles. The van der Waals surface area contributed by atoms with E-state index in [1.807, 2.05) is 12.3 Å². The molecule has 7 nitrogen and oxygen atoms in total. The fourth-order valence-corrected chi connectivity index (χ4v) is 7.03. The number of amides is 2. The number of aromatic nitrogens is 3. The molecule has 0 spiro atoms. The van der Waals surface area contributed by atoms with Crippen LogP contribution >= 0.6 is 0 Å². The minimum Gasteiger partial charge on any atom is -0.355 e. The van der Waals surface area contributed by atoms with Crippen LogP contribution in [-0.2, 0) is 0 Å². The monoisotopic (exact) mass is 472 g/mol. The van der Waals surface area contributed by atoms with Crippen LogP contribution in [0.2, 0.25) is 0 Å². The molecule has 35 heavy (non-hydrogen) atoms. The van der Waals surface area contributed by atoms with Gasteiger partial charge in [-0.1, -0.05) is 26.0 Å². The summed E-state index contributed by atoms with van der Waals surface area (Å²) in [6, 6.07) is 10.3. The van der Waals surface area contributed by atoms with E-state index in [0.717, 1.165) is 66.9 Å². The number of anilines is 2. The second-order valence-corrected chi connectivity index (χ2v) is 11.4. The lowest BCUT2D eigenvalue weighted by molar-refractivity contribution is -0.103. The number of carbonyl (C=O) groups is 1. The molecule has 2 unspecified atom stereocenters. The number of H-pyrrole nitrogens is 1. The zero-order chi connectivity index (χ0) is 24.0. The number of hydrogen-bond donors (Lipinski definition) is 3.